The fraction of sp³-hybridized carbons (Fsp3) is 0.726. The number of ketones is 1. The molecule has 6 aromatic rings. The number of aliphatic hydroxyl groups excluding tert-OH is 5. The second-order valence-corrected chi connectivity index (χ2v) is 30.3. The molecule has 0 amide bonds. The van der Waals surface area contributed by atoms with Crippen LogP contribution in [0.25, 0.3) is 33.1 Å². The number of methoxy groups -OCH3 is 4. The van der Waals surface area contributed by atoms with Gasteiger partial charge in [-0.25, -0.2) is 29.9 Å². The third kappa shape index (κ3) is 26.7. The van der Waals surface area contributed by atoms with E-state index in [2.05, 4.69) is 29.9 Å². The van der Waals surface area contributed by atoms with Crippen molar-refractivity contribution in [3.05, 3.63) is 66.1 Å². The third-order valence-corrected chi connectivity index (χ3v) is 21.6. The maximum Gasteiger partial charge on any atom is 0.303 e. The standard InChI is InChI=1S/C14H20B2ClN3O4.C12H14ClN3O4.C12H16N4O4.C10H20B2O6.C9H20B2O5.C8H18B2O5.C8H16B2O5/c1-14(21)10(24-16-3)9(6-22-15-2)23-13(14)20-5-4-8-11(17)18-7-19-12(8)20;2*1-12(19)8(18)7(4-17)20-11(12)16-3-2-6-9(13)14-5-15-10(6)16;1-6(13)16-9-8(18-12-3)7(5-15-11-2)17-10(9)14-4;1-9(12)7(16-11-3)6(5-14-10-2)15-8(9)13-4;2*1-9-13-4-5-7(15-10-2)6(11)8(12-3)14-5/h4-5,7,9-10,13,15-16,21H,6H2,1-3H3;2-3,5,7-8,11,17-19H,4H2,1H3;2-3,5,7-8,11,17-19H,4H2,1H3,(H2,13,14,15);7-12H,5H2,1-4H3;6-8,10-12H,5H2,1-4H3;5-11H,4H2,1-3H3;5,7-10H,4H2,1-3H3/t9-,10-,13-,14-;2*7-,8-,11-,12-;7-,8-,9-,10+;6-,7-,8+,9-;5-,6-,7-,8+;5-,7-,8+/m1111111/s1/i15D,16D;;;11D,12D;10D,11D;2*9D,10D. The third-order valence-electron chi connectivity index (χ3n) is 21.0. The Bertz CT molecular complexity index is 4580. The lowest BCUT2D eigenvalue weighted by molar-refractivity contribution is -0.185. The molecule has 55 heteroatoms. The molecule has 0 saturated carbocycles. The van der Waals surface area contributed by atoms with Crippen molar-refractivity contribution in [2.75, 3.05) is 80.4 Å². The van der Waals surface area contributed by atoms with Gasteiger partial charge in [-0.3, -0.25) is 9.59 Å². The number of rotatable bonds is 35. The zero-order chi connectivity index (χ0) is 103. The lowest BCUT2D eigenvalue weighted by atomic mass is 9.93. The van der Waals surface area contributed by atoms with Crippen LogP contribution >= 0.6 is 23.2 Å². The topological polar surface area (TPSA) is 537 Å². The number of Topliss-reactive ketones (excluding diaryl/α,β-unsaturated/α-hetero) is 1. The summed E-state index contributed by atoms with van der Waals surface area (Å²) in [5.74, 6) is -0.509. The highest BCUT2D eigenvalue weighted by Crippen LogP contribution is 2.45. The Morgan fingerprint density at radius 2 is 0.844 bits per heavy atom. The number of fused-ring (bicyclic) bond motifs is 3. The van der Waals surface area contributed by atoms with E-state index in [1.807, 2.05) is 0 Å². The van der Waals surface area contributed by atoms with E-state index in [4.69, 9.17) is 146 Å². The summed E-state index contributed by atoms with van der Waals surface area (Å²) in [4.78, 5) is 47.1. The van der Waals surface area contributed by atoms with E-state index in [9.17, 15) is 55.5 Å². The number of carbonyl (C=O) groups excluding carboxylic acids is 2. The fourth-order valence-electron chi connectivity index (χ4n) is 14.8. The molecule has 27 atom stereocenters. The van der Waals surface area contributed by atoms with Crippen molar-refractivity contribution in [1.82, 2.24) is 43.6 Å². The van der Waals surface area contributed by atoms with Crippen LogP contribution in [0.15, 0.2) is 55.8 Å². The molecule has 0 aliphatic carbocycles. The number of aliphatic hydroxyl groups is 9. The Morgan fingerprint density at radius 1 is 0.461 bits per heavy atom. The molecule has 13 heterocycles. The van der Waals surface area contributed by atoms with Crippen molar-refractivity contribution in [3.63, 3.8) is 0 Å². The summed E-state index contributed by atoms with van der Waals surface area (Å²) >= 11 is 12.1. The van der Waals surface area contributed by atoms with Gasteiger partial charge in [0.2, 0.25) is 12.1 Å². The second kappa shape index (κ2) is 52.6. The number of hydrogen-bond acceptors (Lipinski definition) is 40. The van der Waals surface area contributed by atoms with Crippen LogP contribution in [0.4, 0.5) is 5.82 Å². The summed E-state index contributed by atoms with van der Waals surface area (Å²) in [7, 11) is -1.94. The van der Waals surface area contributed by atoms with Crippen LogP contribution in [0.2, 0.25) is 78.5 Å². The van der Waals surface area contributed by atoms with Crippen molar-refractivity contribution < 1.29 is 159 Å². The monoisotopic (exact) mass is 1860 g/mol. The van der Waals surface area contributed by atoms with Gasteiger partial charge in [0.1, 0.15) is 160 Å². The average Bonchev–Trinajstić information content (AvgIpc) is 1.59. The summed E-state index contributed by atoms with van der Waals surface area (Å²) in [6.07, 6.45) is -9.51. The average molecular weight is 1860 g/mol. The Hall–Kier alpha value is -5.17. The molecule has 6 aromatic heterocycles. The van der Waals surface area contributed by atoms with Gasteiger partial charge in [0.25, 0.3) is 74.5 Å². The SMILES string of the molecule is C[C@@]1(O)[C@H](O)[C@@H](CO)O[C@H]1n1ccc2c(Cl)ncnc21.C[C@@]1(O)[C@H](O)[C@@H](CO)O[C@H]1n1ccc2c(N)ncnc21.[2H]B(C)OC[C@H]1O[C@@H](n2ccc3c(Cl)ncnc32)[C@](C)(O)[C@@H]1OB([2H])C.[2H]B(C)OC[C@H]1O[C@H](OC)C(=O)[C@@H]1OB([2H])C.[2H]B(C)OC[C@H]1O[C@H](OC)[C@H](O)[C@@H]1OB([2H])C.[2H]B(C)OC[C@H]1O[C@H](OC)[C@H](OC(C)=O)[C@@H]1OB([2H])C.[2H]B(C)OC[C@H]1O[C@H](OC)[C@](C)(O)[C@@H]1OB([2H])C. The van der Waals surface area contributed by atoms with E-state index >= 15 is 0 Å². The summed E-state index contributed by atoms with van der Waals surface area (Å²) in [6, 6.07) is 5.16. The first-order valence-corrected chi connectivity index (χ1v) is 41.6. The minimum Gasteiger partial charge on any atom is -0.454 e. The normalized spacial score (nSPS) is 34.3. The zero-order valence-corrected chi connectivity index (χ0v) is 76.4. The predicted octanol–water partition coefficient (Wildman–Crippen LogP) is -3.12. The minimum atomic E-state index is -1.56. The number of ether oxygens (including phenoxy) is 12. The van der Waals surface area contributed by atoms with Crippen LogP contribution in [0.3, 0.4) is 0 Å². The van der Waals surface area contributed by atoms with Gasteiger partial charge in [-0.15, -0.1) is 0 Å². The number of nitrogens with two attached hydrogens (primary N) is 1. The molecule has 0 unspecified atom stereocenters. The highest BCUT2D eigenvalue weighted by Gasteiger charge is 2.58. The van der Waals surface area contributed by atoms with Crippen molar-refractivity contribution in [2.45, 2.75) is 267 Å². The Balaban J connectivity index is 0.000000220. The van der Waals surface area contributed by atoms with Crippen LogP contribution in [-0.4, -0.2) is 409 Å². The quantitative estimate of drug-likeness (QED) is 0.0107. The molecule has 0 radical (unpaired) electrons. The smallest absolute Gasteiger partial charge is 0.303 e. The van der Waals surface area contributed by atoms with Gasteiger partial charge in [-0.05, 0) is 45.9 Å². The number of nitrogens with zero attached hydrogens (tertiary/aromatic N) is 9. The molecule has 11 N–H and O–H groups in total. The first kappa shape index (κ1) is 94.6. The molecule has 128 heavy (non-hydrogen) atoms. The van der Waals surface area contributed by atoms with E-state index in [-0.39, 0.29) is 52.0 Å². The molecule has 13 rings (SSSR count). The number of carbonyl (C=O) groups is 2. The zero-order valence-electron chi connectivity index (χ0n) is 84.9. The first-order valence-electron chi connectivity index (χ1n) is 46.6. The molecule has 0 aromatic carbocycles. The number of esters is 1. The maximum atomic E-state index is 11.8. The van der Waals surface area contributed by atoms with E-state index in [0.29, 0.717) is 49.2 Å². The lowest BCUT2D eigenvalue weighted by Crippen LogP contribution is -2.48. The molecule has 7 saturated heterocycles. The van der Waals surface area contributed by atoms with E-state index in [1.54, 1.807) is 126 Å². The summed E-state index contributed by atoms with van der Waals surface area (Å²) < 4.78 is 196. The lowest BCUT2D eigenvalue weighted by Gasteiger charge is -2.30. The summed E-state index contributed by atoms with van der Waals surface area (Å²) in [5.41, 5.74) is 1.32. The molecule has 708 valence electrons. The van der Waals surface area contributed by atoms with Crippen LogP contribution < -0.4 is 5.73 Å². The Labute approximate surface area is 774 Å². The number of aromatic nitrogens is 9. The van der Waals surface area contributed by atoms with E-state index < -0.39 is 244 Å². The highest BCUT2D eigenvalue weighted by molar-refractivity contribution is 6.34. The molecular formula is C73H124B10Cl2N10O33. The van der Waals surface area contributed by atoms with E-state index in [1.165, 1.54) is 75.0 Å². The molecule has 7 aliphatic rings. The highest BCUT2D eigenvalue weighted by atomic mass is 35.5. The Morgan fingerprint density at radius 3 is 1.26 bits per heavy atom. The fourth-order valence-corrected chi connectivity index (χ4v) is 15.2. The van der Waals surface area contributed by atoms with Crippen molar-refractivity contribution in [1.29, 1.82) is 13.4 Å². The summed E-state index contributed by atoms with van der Waals surface area (Å²) in [6.45, 7) is 22.6. The Kier molecular flexibility index (Phi) is 38.9. The number of nitrogen functional groups attached to an aromatic ring is 1. The first-order chi connectivity index (χ1) is 64.7. The van der Waals surface area contributed by atoms with Crippen molar-refractivity contribution in [2.24, 2.45) is 0 Å². The van der Waals surface area contributed by atoms with Gasteiger partial charge in [0.05, 0.1) is 68.5 Å². The molecule has 7 aliphatic heterocycles. The van der Waals surface area contributed by atoms with Gasteiger partial charge in [0.15, 0.2) is 43.7 Å². The number of anilines is 1. The largest absolute Gasteiger partial charge is 0.454 e. The van der Waals surface area contributed by atoms with Crippen LogP contribution in [0, 0.1) is 0 Å². The molecular weight excluding hydrogens is 1720 g/mol. The summed E-state index contributed by atoms with van der Waals surface area (Å²) in [5, 5.41) is 93.1. The van der Waals surface area contributed by atoms with Crippen LogP contribution in [-0.2, 0) is 113 Å². The van der Waals surface area contributed by atoms with Gasteiger partial charge < -0.3 is 169 Å². The molecule has 43 nitrogen and oxygen atoms in total. The van der Waals surface area contributed by atoms with Gasteiger partial charge in [0, 0.05) is 67.3 Å². The predicted molar refractivity (Wildman–Crippen MR) is 481 cm³/mol. The number of halogens is 2. The molecule has 0 spiro atoms. The minimum absolute atomic E-state index is 0.0592. The van der Waals surface area contributed by atoms with Crippen LogP contribution in [0.5, 0.6) is 0 Å². The molecule has 0 bridgehead atoms. The van der Waals surface area contributed by atoms with Crippen molar-refractivity contribution >= 4 is 148 Å². The molecule has 7 fully saturated rings. The second-order valence-electron chi connectivity index (χ2n) is 29.6. The van der Waals surface area contributed by atoms with Crippen LogP contribution in [0.1, 0.15) is 53.3 Å². The van der Waals surface area contributed by atoms with Gasteiger partial charge in [-0.1, -0.05) is 91.4 Å². The maximum absolute atomic E-state index is 11.8. The van der Waals surface area contributed by atoms with E-state index in [0.717, 1.165) is 0 Å². The van der Waals surface area contributed by atoms with Gasteiger partial charge >= 0.3 is 5.97 Å². The number of hydrogen-bond donors (Lipinski definition) is 10. The van der Waals surface area contributed by atoms with Crippen molar-refractivity contribution in [3.8, 4) is 0 Å². The van der Waals surface area contributed by atoms with Gasteiger partial charge in [-0.2, -0.15) is 0 Å².